The maximum Gasteiger partial charge on any atom is 0.238 e. The van der Waals surface area contributed by atoms with E-state index >= 15 is 0 Å². The summed E-state index contributed by atoms with van der Waals surface area (Å²) >= 11 is 0. The van der Waals surface area contributed by atoms with E-state index in [1.54, 1.807) is 0 Å². The molecule has 0 aromatic heterocycles. The van der Waals surface area contributed by atoms with Crippen molar-refractivity contribution in [2.24, 2.45) is 5.73 Å². The molecule has 0 spiro atoms. The predicted octanol–water partition coefficient (Wildman–Crippen LogP) is 3.35. The molecule has 0 atom stereocenters. The number of rotatable bonds is 10. The van der Waals surface area contributed by atoms with E-state index in [-0.39, 0.29) is 11.8 Å². The van der Waals surface area contributed by atoms with Gasteiger partial charge in [-0.05, 0) is 69.6 Å². The van der Waals surface area contributed by atoms with Crippen LogP contribution in [-0.2, 0) is 9.59 Å². The molecule has 1 fully saturated rings. The lowest BCUT2D eigenvalue weighted by molar-refractivity contribution is -0.117. The SMILES string of the molecule is NCCCCCCC(=O)Nc1ccc(NC(=O)CN2CCCCCC2)cc1. The molecular formula is C21H34N4O2. The van der Waals surface area contributed by atoms with Gasteiger partial charge >= 0.3 is 0 Å². The smallest absolute Gasteiger partial charge is 0.238 e. The maximum absolute atomic E-state index is 12.2. The van der Waals surface area contributed by atoms with Crippen LogP contribution in [0.3, 0.4) is 0 Å². The zero-order chi connectivity index (χ0) is 19.3. The Labute approximate surface area is 162 Å². The fourth-order valence-electron chi connectivity index (χ4n) is 3.34. The first-order chi connectivity index (χ1) is 13.2. The molecule has 1 aromatic carbocycles. The summed E-state index contributed by atoms with van der Waals surface area (Å²) < 4.78 is 0. The van der Waals surface area contributed by atoms with Gasteiger partial charge in [0.15, 0.2) is 0 Å². The third kappa shape index (κ3) is 9.02. The molecule has 0 saturated carbocycles. The summed E-state index contributed by atoms with van der Waals surface area (Å²) in [5.41, 5.74) is 6.98. The standard InChI is InChI=1S/C21H34N4O2/c22-14-6-2-1-5-9-20(26)23-18-10-12-19(13-11-18)24-21(27)17-25-15-7-3-4-8-16-25/h10-13H,1-9,14-17,22H2,(H,23,26)(H,24,27). The number of carbonyl (C=O) groups is 2. The summed E-state index contributed by atoms with van der Waals surface area (Å²) in [6, 6.07) is 7.32. The minimum atomic E-state index is 0.0196. The van der Waals surface area contributed by atoms with E-state index in [9.17, 15) is 9.59 Å². The largest absolute Gasteiger partial charge is 0.330 e. The van der Waals surface area contributed by atoms with Crippen molar-refractivity contribution < 1.29 is 9.59 Å². The van der Waals surface area contributed by atoms with Crippen LogP contribution < -0.4 is 16.4 Å². The van der Waals surface area contributed by atoms with E-state index in [1.807, 2.05) is 24.3 Å². The van der Waals surface area contributed by atoms with Crippen LogP contribution in [0.2, 0.25) is 0 Å². The fraction of sp³-hybridized carbons (Fsp3) is 0.619. The van der Waals surface area contributed by atoms with Crippen LogP contribution >= 0.6 is 0 Å². The number of nitrogens with two attached hydrogens (primary N) is 1. The normalized spacial score (nSPS) is 15.1. The highest BCUT2D eigenvalue weighted by atomic mass is 16.2. The lowest BCUT2D eigenvalue weighted by atomic mass is 10.1. The summed E-state index contributed by atoms with van der Waals surface area (Å²) in [4.78, 5) is 26.4. The Morgan fingerprint density at radius 1 is 0.815 bits per heavy atom. The average molecular weight is 375 g/mol. The maximum atomic E-state index is 12.2. The number of hydrogen-bond acceptors (Lipinski definition) is 4. The van der Waals surface area contributed by atoms with Gasteiger partial charge in [-0.2, -0.15) is 0 Å². The Kier molecular flexibility index (Phi) is 9.87. The zero-order valence-corrected chi connectivity index (χ0v) is 16.3. The molecule has 1 aliphatic heterocycles. The molecule has 0 radical (unpaired) electrons. The molecule has 0 aliphatic carbocycles. The van der Waals surface area contributed by atoms with E-state index in [1.165, 1.54) is 25.7 Å². The van der Waals surface area contributed by atoms with Crippen molar-refractivity contribution in [2.75, 3.05) is 36.8 Å². The van der Waals surface area contributed by atoms with E-state index in [4.69, 9.17) is 5.73 Å². The van der Waals surface area contributed by atoms with Crippen LogP contribution in [-0.4, -0.2) is 42.9 Å². The molecule has 4 N–H and O–H groups in total. The Bertz CT molecular complexity index is 566. The van der Waals surface area contributed by atoms with Crippen molar-refractivity contribution >= 4 is 23.2 Å². The minimum Gasteiger partial charge on any atom is -0.330 e. The van der Waals surface area contributed by atoms with Gasteiger partial charge in [-0.15, -0.1) is 0 Å². The van der Waals surface area contributed by atoms with Crippen molar-refractivity contribution in [3.63, 3.8) is 0 Å². The summed E-state index contributed by atoms with van der Waals surface area (Å²) in [6.45, 7) is 3.17. The number of amides is 2. The molecule has 1 aliphatic rings. The molecule has 2 amide bonds. The Balaban J connectivity index is 1.69. The van der Waals surface area contributed by atoms with E-state index in [0.29, 0.717) is 19.5 Å². The number of likely N-dealkylation sites (tertiary alicyclic amines) is 1. The van der Waals surface area contributed by atoms with Gasteiger partial charge in [0.1, 0.15) is 0 Å². The van der Waals surface area contributed by atoms with E-state index in [0.717, 1.165) is 50.1 Å². The minimum absolute atomic E-state index is 0.0196. The number of anilines is 2. The Hall–Kier alpha value is -1.92. The fourth-order valence-corrected chi connectivity index (χ4v) is 3.34. The van der Waals surface area contributed by atoms with Crippen LogP contribution in [0.1, 0.15) is 57.8 Å². The molecule has 0 unspecified atom stereocenters. The van der Waals surface area contributed by atoms with Crippen LogP contribution in [0.15, 0.2) is 24.3 Å². The van der Waals surface area contributed by atoms with Crippen molar-refractivity contribution in [2.45, 2.75) is 57.8 Å². The zero-order valence-electron chi connectivity index (χ0n) is 16.3. The average Bonchev–Trinajstić information content (AvgIpc) is 2.92. The molecule has 0 bridgehead atoms. The van der Waals surface area contributed by atoms with Crippen LogP contribution in [0.4, 0.5) is 11.4 Å². The number of unbranched alkanes of at least 4 members (excludes halogenated alkanes) is 3. The molecule has 6 heteroatoms. The first-order valence-corrected chi connectivity index (χ1v) is 10.3. The second kappa shape index (κ2) is 12.5. The van der Waals surface area contributed by atoms with Gasteiger partial charge in [0.05, 0.1) is 6.54 Å². The van der Waals surface area contributed by atoms with Crippen LogP contribution in [0, 0.1) is 0 Å². The first kappa shape index (κ1) is 21.4. The van der Waals surface area contributed by atoms with E-state index in [2.05, 4.69) is 15.5 Å². The molecule has 1 saturated heterocycles. The quantitative estimate of drug-likeness (QED) is 0.548. The number of nitrogens with zero attached hydrogens (tertiary/aromatic N) is 1. The van der Waals surface area contributed by atoms with Crippen molar-refractivity contribution in [1.29, 1.82) is 0 Å². The Morgan fingerprint density at radius 3 is 1.96 bits per heavy atom. The number of benzene rings is 1. The van der Waals surface area contributed by atoms with Gasteiger partial charge in [0.2, 0.25) is 11.8 Å². The van der Waals surface area contributed by atoms with Crippen molar-refractivity contribution in [3.8, 4) is 0 Å². The second-order valence-corrected chi connectivity index (χ2v) is 7.32. The third-order valence-electron chi connectivity index (χ3n) is 4.88. The van der Waals surface area contributed by atoms with Crippen LogP contribution in [0.25, 0.3) is 0 Å². The molecule has 2 rings (SSSR count). The number of hydrogen-bond donors (Lipinski definition) is 3. The predicted molar refractivity (Wildman–Crippen MR) is 111 cm³/mol. The summed E-state index contributed by atoms with van der Waals surface area (Å²) in [5, 5.41) is 5.84. The second-order valence-electron chi connectivity index (χ2n) is 7.32. The highest BCUT2D eigenvalue weighted by Crippen LogP contribution is 2.15. The Morgan fingerprint density at radius 2 is 1.37 bits per heavy atom. The molecule has 150 valence electrons. The van der Waals surface area contributed by atoms with Crippen molar-refractivity contribution in [1.82, 2.24) is 4.90 Å². The van der Waals surface area contributed by atoms with Gasteiger partial charge in [-0.3, -0.25) is 14.5 Å². The van der Waals surface area contributed by atoms with Crippen LogP contribution in [0.5, 0.6) is 0 Å². The van der Waals surface area contributed by atoms with Crippen molar-refractivity contribution in [3.05, 3.63) is 24.3 Å². The van der Waals surface area contributed by atoms with Gasteiger partial charge in [-0.25, -0.2) is 0 Å². The monoisotopic (exact) mass is 374 g/mol. The third-order valence-corrected chi connectivity index (χ3v) is 4.88. The van der Waals surface area contributed by atoms with Gasteiger partial charge in [0.25, 0.3) is 0 Å². The van der Waals surface area contributed by atoms with Gasteiger partial charge < -0.3 is 16.4 Å². The number of carbonyl (C=O) groups excluding carboxylic acids is 2. The van der Waals surface area contributed by atoms with Gasteiger partial charge in [0, 0.05) is 17.8 Å². The summed E-state index contributed by atoms with van der Waals surface area (Å²) in [5.74, 6) is 0.0480. The first-order valence-electron chi connectivity index (χ1n) is 10.3. The summed E-state index contributed by atoms with van der Waals surface area (Å²) in [7, 11) is 0. The lowest BCUT2D eigenvalue weighted by Gasteiger charge is -2.19. The molecule has 1 aromatic rings. The highest BCUT2D eigenvalue weighted by Gasteiger charge is 2.13. The lowest BCUT2D eigenvalue weighted by Crippen LogP contribution is -2.33. The van der Waals surface area contributed by atoms with Gasteiger partial charge in [-0.1, -0.05) is 25.7 Å². The van der Waals surface area contributed by atoms with E-state index < -0.39 is 0 Å². The topological polar surface area (TPSA) is 87.5 Å². The highest BCUT2D eigenvalue weighted by molar-refractivity contribution is 5.93. The number of nitrogens with one attached hydrogen (secondary N) is 2. The molecular weight excluding hydrogens is 340 g/mol. The molecule has 1 heterocycles. The summed E-state index contributed by atoms with van der Waals surface area (Å²) in [6.07, 6.45) is 9.42. The molecule has 6 nitrogen and oxygen atoms in total. The molecule has 27 heavy (non-hydrogen) atoms.